The van der Waals surface area contributed by atoms with E-state index in [4.69, 9.17) is 4.74 Å². The average Bonchev–Trinajstić information content (AvgIpc) is 2.34. The lowest BCUT2D eigenvalue weighted by atomic mass is 10.1. The molecule has 2 nitrogen and oxygen atoms in total. The van der Waals surface area contributed by atoms with Crippen LogP contribution in [0.1, 0.15) is 31.9 Å². The van der Waals surface area contributed by atoms with Crippen molar-refractivity contribution in [3.05, 3.63) is 35.4 Å². The van der Waals surface area contributed by atoms with Crippen LogP contribution < -0.4 is 5.32 Å². The Bertz CT molecular complexity index is 299. The molecule has 1 rings (SSSR count). The van der Waals surface area contributed by atoms with Gasteiger partial charge in [-0.3, -0.25) is 0 Å². The Morgan fingerprint density at radius 3 is 2.50 bits per heavy atom. The molecule has 0 aliphatic carbocycles. The van der Waals surface area contributed by atoms with Gasteiger partial charge < -0.3 is 10.1 Å². The van der Waals surface area contributed by atoms with Gasteiger partial charge in [0.05, 0.1) is 6.61 Å². The van der Waals surface area contributed by atoms with Gasteiger partial charge in [0.2, 0.25) is 0 Å². The number of nitrogens with one attached hydrogen (secondary N) is 1. The number of benzene rings is 1. The Balaban J connectivity index is 2.41. The molecule has 1 atom stereocenters. The largest absolute Gasteiger partial charge is 0.380 e. The normalized spacial score (nSPS) is 12.7. The van der Waals surface area contributed by atoms with Gasteiger partial charge in [-0.2, -0.15) is 0 Å². The number of hydrogen-bond acceptors (Lipinski definition) is 2. The first-order valence-corrected chi connectivity index (χ1v) is 6.15. The molecule has 0 radical (unpaired) electrons. The summed E-state index contributed by atoms with van der Waals surface area (Å²) in [5.41, 5.74) is 2.83. The molecule has 2 heteroatoms. The topological polar surface area (TPSA) is 21.3 Å². The summed E-state index contributed by atoms with van der Waals surface area (Å²) >= 11 is 0. The zero-order valence-electron chi connectivity index (χ0n) is 10.6. The van der Waals surface area contributed by atoms with Crippen LogP contribution in [-0.4, -0.2) is 19.3 Å². The van der Waals surface area contributed by atoms with Gasteiger partial charge in [-0.25, -0.2) is 0 Å². The zero-order valence-corrected chi connectivity index (χ0v) is 10.6. The smallest absolute Gasteiger partial charge is 0.0616 e. The maximum absolute atomic E-state index is 5.38. The van der Waals surface area contributed by atoms with E-state index in [1.165, 1.54) is 11.1 Å². The van der Waals surface area contributed by atoms with Gasteiger partial charge in [0.15, 0.2) is 0 Å². The molecule has 0 fully saturated rings. The molecule has 0 aromatic heterocycles. The van der Waals surface area contributed by atoms with Crippen molar-refractivity contribution < 1.29 is 4.74 Å². The van der Waals surface area contributed by atoms with Crippen molar-refractivity contribution in [2.24, 2.45) is 0 Å². The van der Waals surface area contributed by atoms with E-state index in [0.29, 0.717) is 6.04 Å². The molecule has 0 aliphatic rings. The monoisotopic (exact) mass is 221 g/mol. The van der Waals surface area contributed by atoms with Gasteiger partial charge in [-0.15, -0.1) is 0 Å². The maximum atomic E-state index is 5.38. The summed E-state index contributed by atoms with van der Waals surface area (Å²) in [4.78, 5) is 0. The molecular weight excluding hydrogens is 198 g/mol. The van der Waals surface area contributed by atoms with Crippen LogP contribution in [0.4, 0.5) is 0 Å². The summed E-state index contributed by atoms with van der Waals surface area (Å²) in [5.74, 6) is 0. The molecular formula is C14H23NO. The van der Waals surface area contributed by atoms with Crippen LogP contribution in [0.2, 0.25) is 0 Å². The van der Waals surface area contributed by atoms with E-state index >= 15 is 0 Å². The van der Waals surface area contributed by atoms with E-state index in [0.717, 1.165) is 26.2 Å². The number of rotatable bonds is 7. The zero-order chi connectivity index (χ0) is 11.8. The molecule has 1 aromatic carbocycles. The van der Waals surface area contributed by atoms with Crippen molar-refractivity contribution in [2.45, 2.75) is 39.8 Å². The minimum Gasteiger partial charge on any atom is -0.380 e. The fourth-order valence-electron chi connectivity index (χ4n) is 1.71. The van der Waals surface area contributed by atoms with Crippen LogP contribution in [0.5, 0.6) is 0 Å². The van der Waals surface area contributed by atoms with Gasteiger partial charge in [-0.1, -0.05) is 31.2 Å². The van der Waals surface area contributed by atoms with E-state index in [1.54, 1.807) is 0 Å². The average molecular weight is 221 g/mol. The standard InChI is InChI=1S/C14H23NO/c1-4-13-8-6-7-9-14(13)10-15-12(3)11-16-5-2/h6-9,12,15H,4-5,10-11H2,1-3H3. The Kier molecular flexibility index (Phi) is 6.12. The van der Waals surface area contributed by atoms with Gasteiger partial charge >= 0.3 is 0 Å². The molecule has 0 amide bonds. The van der Waals surface area contributed by atoms with Gasteiger partial charge in [-0.05, 0) is 31.4 Å². The highest BCUT2D eigenvalue weighted by molar-refractivity contribution is 5.26. The first-order chi connectivity index (χ1) is 7.77. The van der Waals surface area contributed by atoms with Crippen LogP contribution in [0.15, 0.2) is 24.3 Å². The molecule has 1 N–H and O–H groups in total. The predicted molar refractivity (Wildman–Crippen MR) is 68.6 cm³/mol. The van der Waals surface area contributed by atoms with E-state index in [2.05, 4.69) is 43.4 Å². The van der Waals surface area contributed by atoms with Gasteiger partial charge in [0.1, 0.15) is 0 Å². The lowest BCUT2D eigenvalue weighted by Gasteiger charge is -2.15. The highest BCUT2D eigenvalue weighted by Gasteiger charge is 2.03. The van der Waals surface area contributed by atoms with Crippen LogP contribution in [0, 0.1) is 0 Å². The fraction of sp³-hybridized carbons (Fsp3) is 0.571. The number of ether oxygens (including phenoxy) is 1. The molecule has 0 saturated carbocycles. The highest BCUT2D eigenvalue weighted by atomic mass is 16.5. The Morgan fingerprint density at radius 2 is 1.88 bits per heavy atom. The molecule has 1 unspecified atom stereocenters. The van der Waals surface area contributed by atoms with Crippen LogP contribution in [0.25, 0.3) is 0 Å². The van der Waals surface area contributed by atoms with Crippen molar-refractivity contribution >= 4 is 0 Å². The first-order valence-electron chi connectivity index (χ1n) is 6.15. The molecule has 1 aromatic rings. The van der Waals surface area contributed by atoms with Gasteiger partial charge in [0, 0.05) is 19.2 Å². The van der Waals surface area contributed by atoms with Crippen molar-refractivity contribution in [3.8, 4) is 0 Å². The minimum absolute atomic E-state index is 0.407. The lowest BCUT2D eigenvalue weighted by molar-refractivity contribution is 0.127. The first kappa shape index (κ1) is 13.2. The predicted octanol–water partition coefficient (Wildman–Crippen LogP) is 2.76. The fourth-order valence-corrected chi connectivity index (χ4v) is 1.71. The summed E-state index contributed by atoms with van der Waals surface area (Å²) in [6.07, 6.45) is 1.09. The van der Waals surface area contributed by atoms with Crippen LogP contribution in [-0.2, 0) is 17.7 Å². The van der Waals surface area contributed by atoms with E-state index in [-0.39, 0.29) is 0 Å². The van der Waals surface area contributed by atoms with E-state index < -0.39 is 0 Å². The summed E-state index contributed by atoms with van der Waals surface area (Å²) in [6.45, 7) is 8.88. The minimum atomic E-state index is 0.407. The highest BCUT2D eigenvalue weighted by Crippen LogP contribution is 2.09. The van der Waals surface area contributed by atoms with Crippen molar-refractivity contribution in [2.75, 3.05) is 13.2 Å². The number of hydrogen-bond donors (Lipinski definition) is 1. The Morgan fingerprint density at radius 1 is 1.19 bits per heavy atom. The lowest BCUT2D eigenvalue weighted by Crippen LogP contribution is -2.30. The van der Waals surface area contributed by atoms with Crippen molar-refractivity contribution in [1.82, 2.24) is 5.32 Å². The van der Waals surface area contributed by atoms with Crippen molar-refractivity contribution in [3.63, 3.8) is 0 Å². The van der Waals surface area contributed by atoms with Crippen LogP contribution >= 0.6 is 0 Å². The molecule has 90 valence electrons. The molecule has 0 spiro atoms. The molecule has 0 heterocycles. The van der Waals surface area contributed by atoms with Gasteiger partial charge in [0.25, 0.3) is 0 Å². The second kappa shape index (κ2) is 7.42. The number of aryl methyl sites for hydroxylation is 1. The van der Waals surface area contributed by atoms with E-state index in [9.17, 15) is 0 Å². The third-order valence-electron chi connectivity index (χ3n) is 2.71. The third kappa shape index (κ3) is 4.33. The molecule has 0 saturated heterocycles. The maximum Gasteiger partial charge on any atom is 0.0616 e. The van der Waals surface area contributed by atoms with E-state index in [1.807, 2.05) is 6.92 Å². The second-order valence-corrected chi connectivity index (χ2v) is 4.06. The Hall–Kier alpha value is -0.860. The summed E-state index contributed by atoms with van der Waals surface area (Å²) < 4.78 is 5.38. The van der Waals surface area contributed by atoms with Crippen molar-refractivity contribution in [1.29, 1.82) is 0 Å². The summed E-state index contributed by atoms with van der Waals surface area (Å²) in [7, 11) is 0. The summed E-state index contributed by atoms with van der Waals surface area (Å²) in [5, 5.41) is 3.48. The second-order valence-electron chi connectivity index (χ2n) is 4.06. The SMILES string of the molecule is CCOCC(C)NCc1ccccc1CC. The Labute approximate surface area is 99.0 Å². The molecule has 0 bridgehead atoms. The molecule has 16 heavy (non-hydrogen) atoms. The molecule has 0 aliphatic heterocycles. The summed E-state index contributed by atoms with van der Waals surface area (Å²) in [6, 6.07) is 9.00. The quantitative estimate of drug-likeness (QED) is 0.764. The third-order valence-corrected chi connectivity index (χ3v) is 2.71. The van der Waals surface area contributed by atoms with Crippen LogP contribution in [0.3, 0.4) is 0 Å².